The van der Waals surface area contributed by atoms with Gasteiger partial charge in [0, 0.05) is 33.2 Å². The zero-order valence-electron chi connectivity index (χ0n) is 13.7. The van der Waals surface area contributed by atoms with E-state index < -0.39 is 0 Å². The number of rotatable bonds is 4. The standard InChI is InChI=1S/C20H16ClN3O2/c21-15-6-10-17(11-7-15)23-20(26)14-2-1-3-18(12-14)24-19(25)13-4-8-16(22)9-5-13/h1-12H,22H2,(H,23,26)(H,24,25). The quantitative estimate of drug-likeness (QED) is 0.598. The van der Waals surface area contributed by atoms with E-state index in [2.05, 4.69) is 10.6 Å². The second kappa shape index (κ2) is 7.72. The number of nitrogens with two attached hydrogens (primary N) is 1. The number of benzene rings is 3. The SMILES string of the molecule is Nc1ccc(C(=O)Nc2cccc(C(=O)Nc3ccc(Cl)cc3)c2)cc1. The number of nitrogen functional groups attached to an aromatic ring is 1. The molecule has 0 aromatic heterocycles. The topological polar surface area (TPSA) is 84.2 Å². The fraction of sp³-hybridized carbons (Fsp3) is 0. The molecule has 0 radical (unpaired) electrons. The highest BCUT2D eigenvalue weighted by atomic mass is 35.5. The molecule has 0 saturated heterocycles. The molecule has 4 N–H and O–H groups in total. The van der Waals surface area contributed by atoms with E-state index in [4.69, 9.17) is 17.3 Å². The van der Waals surface area contributed by atoms with E-state index in [-0.39, 0.29) is 11.8 Å². The van der Waals surface area contributed by atoms with Gasteiger partial charge in [0.15, 0.2) is 0 Å². The summed E-state index contributed by atoms with van der Waals surface area (Å²) in [6.45, 7) is 0. The van der Waals surface area contributed by atoms with Crippen LogP contribution >= 0.6 is 11.6 Å². The van der Waals surface area contributed by atoms with Gasteiger partial charge in [-0.2, -0.15) is 0 Å². The summed E-state index contributed by atoms with van der Waals surface area (Å²) in [4.78, 5) is 24.6. The second-order valence-corrected chi connectivity index (χ2v) is 6.05. The molecule has 0 spiro atoms. The average Bonchev–Trinajstić information content (AvgIpc) is 2.64. The molecule has 3 aromatic rings. The monoisotopic (exact) mass is 365 g/mol. The number of amides is 2. The van der Waals surface area contributed by atoms with Crippen LogP contribution in [0.1, 0.15) is 20.7 Å². The molecule has 130 valence electrons. The lowest BCUT2D eigenvalue weighted by atomic mass is 10.1. The van der Waals surface area contributed by atoms with Crippen molar-refractivity contribution in [2.45, 2.75) is 0 Å². The Hall–Kier alpha value is -3.31. The number of halogens is 1. The zero-order valence-corrected chi connectivity index (χ0v) is 14.5. The highest BCUT2D eigenvalue weighted by Gasteiger charge is 2.10. The lowest BCUT2D eigenvalue weighted by Crippen LogP contribution is -2.14. The lowest BCUT2D eigenvalue weighted by Gasteiger charge is -2.09. The Labute approximate surface area is 155 Å². The maximum atomic E-state index is 12.4. The van der Waals surface area contributed by atoms with Crippen LogP contribution in [0.2, 0.25) is 5.02 Å². The number of hydrogen-bond donors (Lipinski definition) is 3. The number of hydrogen-bond acceptors (Lipinski definition) is 3. The molecule has 0 bridgehead atoms. The van der Waals surface area contributed by atoms with Crippen molar-refractivity contribution >= 4 is 40.5 Å². The molecular weight excluding hydrogens is 350 g/mol. The summed E-state index contributed by atoms with van der Waals surface area (Å²) < 4.78 is 0. The molecule has 0 aliphatic rings. The fourth-order valence-corrected chi connectivity index (χ4v) is 2.44. The molecule has 0 fully saturated rings. The van der Waals surface area contributed by atoms with Gasteiger partial charge >= 0.3 is 0 Å². The van der Waals surface area contributed by atoms with Crippen molar-refractivity contribution in [2.75, 3.05) is 16.4 Å². The van der Waals surface area contributed by atoms with Crippen LogP contribution in [-0.2, 0) is 0 Å². The second-order valence-electron chi connectivity index (χ2n) is 5.62. The van der Waals surface area contributed by atoms with E-state index in [1.165, 1.54) is 0 Å². The Bertz CT molecular complexity index is 938. The minimum atomic E-state index is -0.282. The first-order valence-electron chi connectivity index (χ1n) is 7.85. The molecule has 0 atom stereocenters. The van der Waals surface area contributed by atoms with E-state index in [1.807, 2.05) is 0 Å². The zero-order chi connectivity index (χ0) is 18.5. The van der Waals surface area contributed by atoms with Crippen LogP contribution < -0.4 is 16.4 Å². The van der Waals surface area contributed by atoms with E-state index in [0.717, 1.165) is 0 Å². The number of carbonyl (C=O) groups is 2. The molecule has 26 heavy (non-hydrogen) atoms. The van der Waals surface area contributed by atoms with Gasteiger partial charge in [-0.05, 0) is 66.7 Å². The van der Waals surface area contributed by atoms with Crippen molar-refractivity contribution < 1.29 is 9.59 Å². The van der Waals surface area contributed by atoms with Crippen LogP contribution in [0.15, 0.2) is 72.8 Å². The van der Waals surface area contributed by atoms with Gasteiger partial charge in [0.2, 0.25) is 0 Å². The highest BCUT2D eigenvalue weighted by molar-refractivity contribution is 6.30. The third-order valence-electron chi connectivity index (χ3n) is 3.66. The summed E-state index contributed by atoms with van der Waals surface area (Å²) in [5, 5.41) is 6.14. The normalized spacial score (nSPS) is 10.2. The van der Waals surface area contributed by atoms with Gasteiger partial charge in [0.05, 0.1) is 0 Å². The Morgan fingerprint density at radius 1 is 0.731 bits per heavy atom. The first-order valence-corrected chi connectivity index (χ1v) is 8.23. The van der Waals surface area contributed by atoms with Gasteiger partial charge in [-0.3, -0.25) is 9.59 Å². The molecule has 0 heterocycles. The fourth-order valence-electron chi connectivity index (χ4n) is 2.31. The van der Waals surface area contributed by atoms with Gasteiger partial charge in [-0.1, -0.05) is 17.7 Å². The maximum absolute atomic E-state index is 12.4. The summed E-state index contributed by atoms with van der Waals surface area (Å²) in [6.07, 6.45) is 0. The summed E-state index contributed by atoms with van der Waals surface area (Å²) in [5.41, 5.74) is 8.27. The lowest BCUT2D eigenvalue weighted by molar-refractivity contribution is 0.101. The Kier molecular flexibility index (Phi) is 5.20. The highest BCUT2D eigenvalue weighted by Crippen LogP contribution is 2.17. The number of carbonyl (C=O) groups excluding carboxylic acids is 2. The average molecular weight is 366 g/mol. The summed E-state index contributed by atoms with van der Waals surface area (Å²) in [7, 11) is 0. The Morgan fingerprint density at radius 2 is 1.35 bits per heavy atom. The Morgan fingerprint density at radius 3 is 2.04 bits per heavy atom. The molecule has 0 unspecified atom stereocenters. The Balaban J connectivity index is 1.71. The maximum Gasteiger partial charge on any atom is 0.255 e. The van der Waals surface area contributed by atoms with Gasteiger partial charge in [0.25, 0.3) is 11.8 Å². The molecule has 0 saturated carbocycles. The molecular formula is C20H16ClN3O2. The van der Waals surface area contributed by atoms with E-state index >= 15 is 0 Å². The first-order chi connectivity index (χ1) is 12.5. The van der Waals surface area contributed by atoms with Crippen molar-refractivity contribution in [3.63, 3.8) is 0 Å². The van der Waals surface area contributed by atoms with Crippen molar-refractivity contribution in [3.8, 4) is 0 Å². The summed E-state index contributed by atoms with van der Waals surface area (Å²) in [6, 6.07) is 20.1. The van der Waals surface area contributed by atoms with Crippen LogP contribution in [0.3, 0.4) is 0 Å². The largest absolute Gasteiger partial charge is 0.399 e. The molecule has 0 aliphatic carbocycles. The van der Waals surface area contributed by atoms with Crippen molar-refractivity contribution in [3.05, 3.63) is 88.9 Å². The smallest absolute Gasteiger partial charge is 0.255 e. The van der Waals surface area contributed by atoms with E-state index in [9.17, 15) is 9.59 Å². The first kappa shape index (κ1) is 17.5. The molecule has 3 aromatic carbocycles. The van der Waals surface area contributed by atoms with Crippen LogP contribution in [0.5, 0.6) is 0 Å². The van der Waals surface area contributed by atoms with Gasteiger partial charge in [-0.15, -0.1) is 0 Å². The third kappa shape index (κ3) is 4.40. The van der Waals surface area contributed by atoms with Crippen molar-refractivity contribution in [1.29, 1.82) is 0 Å². The van der Waals surface area contributed by atoms with Crippen molar-refractivity contribution in [2.24, 2.45) is 0 Å². The molecule has 3 rings (SSSR count). The summed E-state index contributed by atoms with van der Waals surface area (Å²) >= 11 is 5.83. The van der Waals surface area contributed by atoms with Gasteiger partial charge < -0.3 is 16.4 Å². The minimum absolute atomic E-state index is 0.278. The van der Waals surface area contributed by atoms with Gasteiger partial charge in [0.1, 0.15) is 0 Å². The molecule has 6 heteroatoms. The van der Waals surface area contributed by atoms with Crippen LogP contribution in [0, 0.1) is 0 Å². The van der Waals surface area contributed by atoms with E-state index in [1.54, 1.807) is 72.8 Å². The van der Waals surface area contributed by atoms with Crippen LogP contribution in [-0.4, -0.2) is 11.8 Å². The van der Waals surface area contributed by atoms with Crippen molar-refractivity contribution in [1.82, 2.24) is 0 Å². The number of nitrogens with one attached hydrogen (secondary N) is 2. The summed E-state index contributed by atoms with van der Waals surface area (Å²) in [5.74, 6) is -0.559. The third-order valence-corrected chi connectivity index (χ3v) is 3.91. The predicted molar refractivity (Wildman–Crippen MR) is 105 cm³/mol. The molecule has 5 nitrogen and oxygen atoms in total. The van der Waals surface area contributed by atoms with Crippen LogP contribution in [0.25, 0.3) is 0 Å². The molecule has 2 amide bonds. The number of anilines is 3. The van der Waals surface area contributed by atoms with E-state index in [0.29, 0.717) is 33.2 Å². The van der Waals surface area contributed by atoms with Crippen LogP contribution in [0.4, 0.5) is 17.1 Å². The molecule has 0 aliphatic heterocycles. The predicted octanol–water partition coefficient (Wildman–Crippen LogP) is 4.43. The minimum Gasteiger partial charge on any atom is -0.399 e. The van der Waals surface area contributed by atoms with Gasteiger partial charge in [-0.25, -0.2) is 0 Å².